The molecule has 0 aromatic carbocycles. The maximum Gasteiger partial charge on any atom is 0.173 e. The SMILES string of the molecule is CCN(c1nnccc1/C(N)=N/O)C(C)COC. The average molecular weight is 253 g/mol. The summed E-state index contributed by atoms with van der Waals surface area (Å²) in [4.78, 5) is 1.99. The molecule has 0 saturated carbocycles. The maximum absolute atomic E-state index is 8.78. The summed E-state index contributed by atoms with van der Waals surface area (Å²) in [6.07, 6.45) is 1.51. The van der Waals surface area contributed by atoms with Crippen LogP contribution in [0.25, 0.3) is 0 Å². The molecule has 0 radical (unpaired) electrons. The third kappa shape index (κ3) is 3.07. The number of hydrogen-bond acceptors (Lipinski definition) is 6. The van der Waals surface area contributed by atoms with Crippen molar-refractivity contribution in [3.05, 3.63) is 17.8 Å². The van der Waals surface area contributed by atoms with Gasteiger partial charge in [-0.15, -0.1) is 5.10 Å². The number of rotatable bonds is 6. The van der Waals surface area contributed by atoms with Crippen molar-refractivity contribution >= 4 is 11.7 Å². The summed E-state index contributed by atoms with van der Waals surface area (Å²) in [6.45, 7) is 5.28. The van der Waals surface area contributed by atoms with Gasteiger partial charge in [0.1, 0.15) is 0 Å². The molecular weight excluding hydrogens is 234 g/mol. The van der Waals surface area contributed by atoms with Gasteiger partial charge in [-0.05, 0) is 19.9 Å². The number of oxime groups is 1. The van der Waals surface area contributed by atoms with Gasteiger partial charge in [-0.3, -0.25) is 0 Å². The van der Waals surface area contributed by atoms with Crippen LogP contribution in [0.2, 0.25) is 0 Å². The van der Waals surface area contributed by atoms with Crippen molar-refractivity contribution in [1.29, 1.82) is 0 Å². The van der Waals surface area contributed by atoms with Gasteiger partial charge in [0.05, 0.1) is 24.4 Å². The summed E-state index contributed by atoms with van der Waals surface area (Å²) in [5.74, 6) is 0.600. The summed E-state index contributed by atoms with van der Waals surface area (Å²) >= 11 is 0. The fourth-order valence-corrected chi connectivity index (χ4v) is 1.79. The van der Waals surface area contributed by atoms with E-state index in [0.717, 1.165) is 6.54 Å². The van der Waals surface area contributed by atoms with Crippen molar-refractivity contribution in [2.75, 3.05) is 25.2 Å². The van der Waals surface area contributed by atoms with Crippen molar-refractivity contribution in [2.24, 2.45) is 10.9 Å². The van der Waals surface area contributed by atoms with Gasteiger partial charge < -0.3 is 20.6 Å². The highest BCUT2D eigenvalue weighted by molar-refractivity contribution is 6.01. The largest absolute Gasteiger partial charge is 0.409 e. The van der Waals surface area contributed by atoms with E-state index in [4.69, 9.17) is 15.7 Å². The first-order valence-electron chi connectivity index (χ1n) is 5.70. The van der Waals surface area contributed by atoms with E-state index in [9.17, 15) is 0 Å². The number of nitrogens with two attached hydrogens (primary N) is 1. The standard InChI is InChI=1S/C11H19N5O2/c1-4-16(8(2)7-18-3)11-9(10(12)15-17)5-6-13-14-11/h5-6,8,17H,4,7H2,1-3H3,(H2,12,15). The highest BCUT2D eigenvalue weighted by Crippen LogP contribution is 2.18. The number of aromatic nitrogens is 2. The van der Waals surface area contributed by atoms with E-state index < -0.39 is 0 Å². The minimum absolute atomic E-state index is 0.0166. The lowest BCUT2D eigenvalue weighted by Crippen LogP contribution is -2.38. The smallest absolute Gasteiger partial charge is 0.173 e. The zero-order chi connectivity index (χ0) is 13.5. The summed E-state index contributed by atoms with van der Waals surface area (Å²) < 4.78 is 5.13. The molecule has 1 rings (SSSR count). The molecule has 1 aromatic heterocycles. The Morgan fingerprint density at radius 3 is 2.94 bits per heavy atom. The fourth-order valence-electron chi connectivity index (χ4n) is 1.79. The Morgan fingerprint density at radius 1 is 1.67 bits per heavy atom. The van der Waals surface area contributed by atoms with Crippen LogP contribution in [0.4, 0.5) is 5.82 Å². The molecule has 3 N–H and O–H groups in total. The van der Waals surface area contributed by atoms with Gasteiger partial charge in [0.2, 0.25) is 0 Å². The van der Waals surface area contributed by atoms with E-state index in [0.29, 0.717) is 18.0 Å². The number of hydrogen-bond donors (Lipinski definition) is 2. The molecule has 1 heterocycles. The van der Waals surface area contributed by atoms with Crippen molar-refractivity contribution in [3.8, 4) is 0 Å². The molecule has 0 aliphatic heterocycles. The first-order chi connectivity index (χ1) is 8.65. The van der Waals surface area contributed by atoms with Crippen LogP contribution in [0.15, 0.2) is 17.4 Å². The van der Waals surface area contributed by atoms with Crippen LogP contribution in [0.3, 0.4) is 0 Å². The van der Waals surface area contributed by atoms with E-state index in [1.807, 2.05) is 18.7 Å². The van der Waals surface area contributed by atoms with Gasteiger partial charge in [-0.1, -0.05) is 5.16 Å². The monoisotopic (exact) mass is 253 g/mol. The average Bonchev–Trinajstić information content (AvgIpc) is 2.39. The summed E-state index contributed by atoms with van der Waals surface area (Å²) in [5.41, 5.74) is 6.19. The van der Waals surface area contributed by atoms with Crippen LogP contribution < -0.4 is 10.6 Å². The lowest BCUT2D eigenvalue weighted by atomic mass is 10.2. The summed E-state index contributed by atoms with van der Waals surface area (Å²) in [7, 11) is 1.64. The van der Waals surface area contributed by atoms with E-state index >= 15 is 0 Å². The second-order valence-electron chi connectivity index (χ2n) is 3.84. The first kappa shape index (κ1) is 14.2. The quantitative estimate of drug-likeness (QED) is 0.330. The Hall–Kier alpha value is -1.89. The molecule has 1 aromatic rings. The maximum atomic E-state index is 8.78. The molecule has 1 atom stereocenters. The number of anilines is 1. The third-order valence-corrected chi connectivity index (χ3v) is 2.64. The minimum atomic E-state index is 0.0166. The Morgan fingerprint density at radius 2 is 2.39 bits per heavy atom. The van der Waals surface area contributed by atoms with E-state index in [2.05, 4.69) is 15.4 Å². The molecule has 0 saturated heterocycles. The Kier molecular flexibility index (Phi) is 5.31. The molecular formula is C11H19N5O2. The van der Waals surface area contributed by atoms with Gasteiger partial charge in [0, 0.05) is 13.7 Å². The molecule has 100 valence electrons. The molecule has 1 unspecified atom stereocenters. The number of ether oxygens (including phenoxy) is 1. The normalized spacial score (nSPS) is 13.4. The van der Waals surface area contributed by atoms with Gasteiger partial charge in [0.25, 0.3) is 0 Å². The molecule has 0 fully saturated rings. The Balaban J connectivity index is 3.13. The van der Waals surface area contributed by atoms with Crippen LogP contribution in [0, 0.1) is 0 Å². The van der Waals surface area contributed by atoms with Gasteiger partial charge in [-0.25, -0.2) is 0 Å². The van der Waals surface area contributed by atoms with Crippen molar-refractivity contribution < 1.29 is 9.94 Å². The molecule has 0 aliphatic carbocycles. The third-order valence-electron chi connectivity index (χ3n) is 2.64. The molecule has 0 spiro atoms. The van der Waals surface area contributed by atoms with Crippen molar-refractivity contribution in [1.82, 2.24) is 10.2 Å². The molecule has 18 heavy (non-hydrogen) atoms. The van der Waals surface area contributed by atoms with E-state index in [1.54, 1.807) is 13.2 Å². The first-order valence-corrected chi connectivity index (χ1v) is 5.70. The van der Waals surface area contributed by atoms with Crippen molar-refractivity contribution in [3.63, 3.8) is 0 Å². The Bertz CT molecular complexity index is 410. The van der Waals surface area contributed by atoms with Crippen LogP contribution in [0.1, 0.15) is 19.4 Å². The van der Waals surface area contributed by atoms with Crippen LogP contribution in [-0.2, 0) is 4.74 Å². The van der Waals surface area contributed by atoms with Crippen LogP contribution in [0.5, 0.6) is 0 Å². The molecule has 7 nitrogen and oxygen atoms in total. The second kappa shape index (κ2) is 6.75. The lowest BCUT2D eigenvalue weighted by Gasteiger charge is -2.29. The fraction of sp³-hybridized carbons (Fsp3) is 0.545. The predicted molar refractivity (Wildman–Crippen MR) is 68.9 cm³/mol. The van der Waals surface area contributed by atoms with Gasteiger partial charge >= 0.3 is 0 Å². The van der Waals surface area contributed by atoms with E-state index in [-0.39, 0.29) is 11.9 Å². The van der Waals surface area contributed by atoms with Gasteiger partial charge in [-0.2, -0.15) is 5.10 Å². The van der Waals surface area contributed by atoms with Crippen molar-refractivity contribution in [2.45, 2.75) is 19.9 Å². The highest BCUT2D eigenvalue weighted by Gasteiger charge is 2.19. The number of likely N-dealkylation sites (N-methyl/N-ethyl adjacent to an activating group) is 1. The lowest BCUT2D eigenvalue weighted by molar-refractivity contribution is 0.181. The molecule has 0 amide bonds. The van der Waals surface area contributed by atoms with Crippen LogP contribution in [-0.4, -0.2) is 47.5 Å². The summed E-state index contributed by atoms with van der Waals surface area (Å²) in [5, 5.41) is 19.7. The zero-order valence-electron chi connectivity index (χ0n) is 10.9. The molecule has 0 bridgehead atoms. The van der Waals surface area contributed by atoms with Gasteiger partial charge in [0.15, 0.2) is 11.7 Å². The topological polar surface area (TPSA) is 96.9 Å². The predicted octanol–water partition coefficient (Wildman–Crippen LogP) is 0.432. The Labute approximate surface area is 106 Å². The summed E-state index contributed by atoms with van der Waals surface area (Å²) in [6, 6.07) is 1.78. The van der Waals surface area contributed by atoms with E-state index in [1.165, 1.54) is 6.20 Å². The number of methoxy groups -OCH3 is 1. The second-order valence-corrected chi connectivity index (χ2v) is 3.84. The van der Waals surface area contributed by atoms with Crippen LogP contribution >= 0.6 is 0 Å². The highest BCUT2D eigenvalue weighted by atomic mass is 16.5. The minimum Gasteiger partial charge on any atom is -0.409 e. The number of nitrogens with zero attached hydrogens (tertiary/aromatic N) is 4. The number of amidine groups is 1. The molecule has 0 aliphatic rings. The zero-order valence-corrected chi connectivity index (χ0v) is 10.9. The molecule has 7 heteroatoms.